The Labute approximate surface area is 120 Å². The SMILES string of the molecule is O=C(NC1CCN2CCCC12)c1ccc(Br)cc1O. The third-order valence-electron chi connectivity index (χ3n) is 4.13. The number of amides is 1. The zero-order chi connectivity index (χ0) is 13.4. The van der Waals surface area contributed by atoms with Gasteiger partial charge >= 0.3 is 0 Å². The Morgan fingerprint density at radius 2 is 2.21 bits per heavy atom. The van der Waals surface area contributed by atoms with E-state index < -0.39 is 0 Å². The summed E-state index contributed by atoms with van der Waals surface area (Å²) < 4.78 is 0.768. The van der Waals surface area contributed by atoms with E-state index in [0.29, 0.717) is 11.6 Å². The molecule has 19 heavy (non-hydrogen) atoms. The molecule has 2 heterocycles. The highest BCUT2D eigenvalue weighted by atomic mass is 79.9. The van der Waals surface area contributed by atoms with Gasteiger partial charge in [0.05, 0.1) is 5.56 Å². The van der Waals surface area contributed by atoms with E-state index in [1.165, 1.54) is 6.42 Å². The summed E-state index contributed by atoms with van der Waals surface area (Å²) >= 11 is 3.27. The van der Waals surface area contributed by atoms with Gasteiger partial charge in [0.15, 0.2) is 0 Å². The second kappa shape index (κ2) is 5.13. The second-order valence-corrected chi connectivity index (χ2v) is 6.19. The fourth-order valence-electron chi connectivity index (χ4n) is 3.19. The topological polar surface area (TPSA) is 52.6 Å². The van der Waals surface area contributed by atoms with Crippen molar-refractivity contribution in [3.05, 3.63) is 28.2 Å². The first-order chi connectivity index (χ1) is 9.15. The molecule has 1 aromatic carbocycles. The van der Waals surface area contributed by atoms with Crippen molar-refractivity contribution in [1.29, 1.82) is 0 Å². The summed E-state index contributed by atoms with van der Waals surface area (Å²) in [4.78, 5) is 14.7. The normalized spacial score (nSPS) is 26.4. The van der Waals surface area contributed by atoms with Gasteiger partial charge in [-0.2, -0.15) is 0 Å². The van der Waals surface area contributed by atoms with Crippen LogP contribution in [-0.4, -0.2) is 41.1 Å². The molecule has 2 N–H and O–H groups in total. The maximum absolute atomic E-state index is 12.2. The molecule has 1 amide bonds. The summed E-state index contributed by atoms with van der Waals surface area (Å²) in [6.45, 7) is 2.22. The van der Waals surface area contributed by atoms with Gasteiger partial charge in [-0.3, -0.25) is 9.69 Å². The molecule has 2 unspecified atom stereocenters. The molecule has 1 aromatic rings. The van der Waals surface area contributed by atoms with Crippen LogP contribution in [0.3, 0.4) is 0 Å². The first-order valence-electron chi connectivity index (χ1n) is 6.68. The van der Waals surface area contributed by atoms with Crippen LogP contribution in [0, 0.1) is 0 Å². The van der Waals surface area contributed by atoms with E-state index in [2.05, 4.69) is 26.1 Å². The molecule has 5 heteroatoms. The van der Waals surface area contributed by atoms with Gasteiger partial charge in [0.2, 0.25) is 0 Å². The first kappa shape index (κ1) is 12.9. The lowest BCUT2D eigenvalue weighted by atomic mass is 10.1. The lowest BCUT2D eigenvalue weighted by Gasteiger charge is -2.21. The Bertz CT molecular complexity index is 506. The summed E-state index contributed by atoms with van der Waals surface area (Å²) in [6.07, 6.45) is 3.39. The fourth-order valence-corrected chi connectivity index (χ4v) is 3.54. The average Bonchev–Trinajstić information content (AvgIpc) is 2.94. The van der Waals surface area contributed by atoms with Crippen LogP contribution >= 0.6 is 15.9 Å². The molecule has 3 rings (SSSR count). The molecule has 0 spiro atoms. The summed E-state index contributed by atoms with van der Waals surface area (Å²) in [7, 11) is 0. The van der Waals surface area contributed by atoms with Crippen molar-refractivity contribution < 1.29 is 9.90 Å². The van der Waals surface area contributed by atoms with E-state index in [-0.39, 0.29) is 17.7 Å². The average molecular weight is 325 g/mol. The van der Waals surface area contributed by atoms with Crippen molar-refractivity contribution in [1.82, 2.24) is 10.2 Å². The number of rotatable bonds is 2. The molecule has 0 radical (unpaired) electrons. The van der Waals surface area contributed by atoms with Gasteiger partial charge in [-0.1, -0.05) is 15.9 Å². The number of carbonyl (C=O) groups excluding carboxylic acids is 1. The van der Waals surface area contributed by atoms with E-state index in [4.69, 9.17) is 0 Å². The largest absolute Gasteiger partial charge is 0.507 e. The molecule has 2 aliphatic rings. The van der Waals surface area contributed by atoms with Crippen molar-refractivity contribution in [2.75, 3.05) is 13.1 Å². The Kier molecular flexibility index (Phi) is 3.50. The van der Waals surface area contributed by atoms with Gasteiger partial charge in [0.1, 0.15) is 5.75 Å². The first-order valence-corrected chi connectivity index (χ1v) is 7.48. The van der Waals surface area contributed by atoms with Crippen LogP contribution in [0.4, 0.5) is 0 Å². The van der Waals surface area contributed by atoms with Crippen LogP contribution in [0.25, 0.3) is 0 Å². The highest BCUT2D eigenvalue weighted by Crippen LogP contribution is 2.29. The quantitative estimate of drug-likeness (QED) is 0.876. The van der Waals surface area contributed by atoms with Crippen LogP contribution in [0.2, 0.25) is 0 Å². The molecule has 0 aliphatic carbocycles. The minimum Gasteiger partial charge on any atom is -0.507 e. The number of nitrogens with one attached hydrogen (secondary N) is 1. The molecule has 2 aliphatic heterocycles. The minimum atomic E-state index is -0.177. The summed E-state index contributed by atoms with van der Waals surface area (Å²) in [6, 6.07) is 5.67. The number of fused-ring (bicyclic) bond motifs is 1. The Morgan fingerprint density at radius 1 is 1.37 bits per heavy atom. The maximum Gasteiger partial charge on any atom is 0.255 e. The molecule has 0 aromatic heterocycles. The molecule has 2 atom stereocenters. The lowest BCUT2D eigenvalue weighted by Crippen LogP contribution is -2.42. The van der Waals surface area contributed by atoms with Crippen LogP contribution in [0.5, 0.6) is 5.75 Å². The molecule has 2 saturated heterocycles. The van der Waals surface area contributed by atoms with Crippen LogP contribution in [-0.2, 0) is 0 Å². The predicted octanol–water partition coefficient (Wildman–Crippen LogP) is 2.12. The Balaban J connectivity index is 1.71. The minimum absolute atomic E-state index is 0.0214. The highest BCUT2D eigenvalue weighted by molar-refractivity contribution is 9.10. The number of nitrogens with zero attached hydrogens (tertiary/aromatic N) is 1. The second-order valence-electron chi connectivity index (χ2n) is 5.28. The molecule has 0 saturated carbocycles. The van der Waals surface area contributed by atoms with Crippen LogP contribution in [0.1, 0.15) is 29.6 Å². The molecular weight excluding hydrogens is 308 g/mol. The molecular formula is C14H17BrN2O2. The van der Waals surface area contributed by atoms with E-state index >= 15 is 0 Å². The summed E-state index contributed by atoms with van der Waals surface area (Å²) in [5.41, 5.74) is 0.347. The van der Waals surface area contributed by atoms with Gasteiger partial charge in [0, 0.05) is 23.1 Å². The molecule has 0 bridgehead atoms. The third kappa shape index (κ3) is 2.49. The van der Waals surface area contributed by atoms with Crippen molar-refractivity contribution in [3.63, 3.8) is 0 Å². The number of hydrogen-bond donors (Lipinski definition) is 2. The van der Waals surface area contributed by atoms with Crippen LogP contribution < -0.4 is 5.32 Å². The third-order valence-corrected chi connectivity index (χ3v) is 4.62. The maximum atomic E-state index is 12.2. The van der Waals surface area contributed by atoms with Crippen LogP contribution in [0.15, 0.2) is 22.7 Å². The van der Waals surface area contributed by atoms with E-state index in [9.17, 15) is 9.90 Å². The number of halogens is 1. The number of phenols is 1. The summed E-state index contributed by atoms with van der Waals surface area (Å²) in [5, 5.41) is 12.9. The zero-order valence-corrected chi connectivity index (χ0v) is 12.2. The number of phenolic OH excluding ortho intramolecular Hbond substituents is 1. The number of aromatic hydroxyl groups is 1. The smallest absolute Gasteiger partial charge is 0.255 e. The van der Waals surface area contributed by atoms with Crippen molar-refractivity contribution >= 4 is 21.8 Å². The molecule has 102 valence electrons. The molecule has 4 nitrogen and oxygen atoms in total. The summed E-state index contributed by atoms with van der Waals surface area (Å²) in [5.74, 6) is -0.156. The fraction of sp³-hybridized carbons (Fsp3) is 0.500. The van der Waals surface area contributed by atoms with Gasteiger partial charge in [-0.15, -0.1) is 0 Å². The zero-order valence-electron chi connectivity index (χ0n) is 10.6. The molecule has 2 fully saturated rings. The monoisotopic (exact) mass is 324 g/mol. The van der Waals surface area contributed by atoms with Gasteiger partial charge < -0.3 is 10.4 Å². The van der Waals surface area contributed by atoms with Gasteiger partial charge in [-0.25, -0.2) is 0 Å². The van der Waals surface area contributed by atoms with Gasteiger partial charge in [0.25, 0.3) is 5.91 Å². The standard InChI is InChI=1S/C14H17BrN2O2/c15-9-3-4-10(13(18)8-9)14(19)16-11-5-7-17-6-1-2-12(11)17/h3-4,8,11-12,18H,1-2,5-7H2,(H,16,19). The van der Waals surface area contributed by atoms with Crippen molar-refractivity contribution in [2.24, 2.45) is 0 Å². The van der Waals surface area contributed by atoms with Gasteiger partial charge in [-0.05, 0) is 44.0 Å². The van der Waals surface area contributed by atoms with E-state index in [1.807, 2.05) is 0 Å². The lowest BCUT2D eigenvalue weighted by molar-refractivity contribution is 0.0927. The predicted molar refractivity (Wildman–Crippen MR) is 76.3 cm³/mol. The van der Waals surface area contributed by atoms with Crippen molar-refractivity contribution in [3.8, 4) is 5.75 Å². The Morgan fingerprint density at radius 3 is 3.00 bits per heavy atom. The highest BCUT2D eigenvalue weighted by Gasteiger charge is 2.38. The van der Waals surface area contributed by atoms with Crippen molar-refractivity contribution in [2.45, 2.75) is 31.3 Å². The Hall–Kier alpha value is -1.07. The number of carbonyl (C=O) groups is 1. The van der Waals surface area contributed by atoms with E-state index in [0.717, 1.165) is 30.4 Å². The number of benzene rings is 1. The number of hydrogen-bond acceptors (Lipinski definition) is 3. The van der Waals surface area contributed by atoms with E-state index in [1.54, 1.807) is 18.2 Å².